The van der Waals surface area contributed by atoms with E-state index in [9.17, 15) is 14.9 Å². The standard InChI is InChI=1S/C16H16N4O3S/c21-16(19-7-11-5-17-6-12(11)8-19)14-9-24-15(18-14)10-1-3-13(4-2-10)20(22)23/h1-4,9,11-12,17H,5-8H2/t11-,12+. The maximum absolute atomic E-state index is 12.6. The van der Waals surface area contributed by atoms with E-state index in [-0.39, 0.29) is 11.6 Å². The summed E-state index contributed by atoms with van der Waals surface area (Å²) in [6.07, 6.45) is 0. The lowest BCUT2D eigenvalue weighted by atomic mass is 10.0. The maximum Gasteiger partial charge on any atom is 0.273 e. The summed E-state index contributed by atoms with van der Waals surface area (Å²) >= 11 is 1.38. The molecule has 0 bridgehead atoms. The molecule has 0 saturated carbocycles. The summed E-state index contributed by atoms with van der Waals surface area (Å²) in [5, 5.41) is 16.5. The third-order valence-electron chi connectivity index (χ3n) is 4.73. The van der Waals surface area contributed by atoms with Gasteiger partial charge >= 0.3 is 0 Å². The molecule has 4 rings (SSSR count). The molecule has 0 radical (unpaired) electrons. The maximum atomic E-state index is 12.6. The molecule has 8 heteroatoms. The first-order chi connectivity index (χ1) is 11.6. The fraction of sp³-hybridized carbons (Fsp3) is 0.375. The summed E-state index contributed by atoms with van der Waals surface area (Å²) in [7, 11) is 0. The molecule has 124 valence electrons. The molecule has 2 aromatic rings. The van der Waals surface area contributed by atoms with E-state index < -0.39 is 4.92 Å². The van der Waals surface area contributed by atoms with Crippen LogP contribution in [0.3, 0.4) is 0 Å². The van der Waals surface area contributed by atoms with E-state index in [1.807, 2.05) is 4.90 Å². The minimum atomic E-state index is -0.431. The average molecular weight is 344 g/mol. The highest BCUT2D eigenvalue weighted by atomic mass is 32.1. The number of nitrogens with one attached hydrogen (secondary N) is 1. The largest absolute Gasteiger partial charge is 0.337 e. The zero-order valence-electron chi connectivity index (χ0n) is 12.8. The van der Waals surface area contributed by atoms with Crippen LogP contribution in [0.1, 0.15) is 10.5 Å². The van der Waals surface area contributed by atoms with Gasteiger partial charge in [0.2, 0.25) is 0 Å². The van der Waals surface area contributed by atoms with E-state index in [0.717, 1.165) is 31.7 Å². The molecule has 0 spiro atoms. The van der Waals surface area contributed by atoms with Crippen molar-refractivity contribution in [1.82, 2.24) is 15.2 Å². The van der Waals surface area contributed by atoms with Gasteiger partial charge in [-0.2, -0.15) is 0 Å². The predicted octanol–water partition coefficient (Wildman–Crippen LogP) is 2.01. The number of fused-ring (bicyclic) bond motifs is 1. The number of carbonyl (C=O) groups is 1. The van der Waals surface area contributed by atoms with Crippen LogP contribution < -0.4 is 5.32 Å². The van der Waals surface area contributed by atoms with E-state index in [1.165, 1.54) is 23.5 Å². The Morgan fingerprint density at radius 1 is 1.25 bits per heavy atom. The molecule has 1 N–H and O–H groups in total. The molecule has 1 amide bonds. The lowest BCUT2D eigenvalue weighted by Crippen LogP contribution is -2.32. The fourth-order valence-electron chi connectivity index (χ4n) is 3.41. The van der Waals surface area contributed by atoms with Crippen LogP contribution in [-0.4, -0.2) is 46.9 Å². The SMILES string of the molecule is O=C(c1csc(-c2ccc([N+](=O)[O-])cc2)n1)N1C[C@H]2CNC[C@H]2C1. The quantitative estimate of drug-likeness (QED) is 0.680. The smallest absolute Gasteiger partial charge is 0.273 e. The van der Waals surface area contributed by atoms with Gasteiger partial charge < -0.3 is 10.2 Å². The fourth-order valence-corrected chi connectivity index (χ4v) is 4.21. The van der Waals surface area contributed by atoms with Crippen LogP contribution in [0, 0.1) is 22.0 Å². The van der Waals surface area contributed by atoms with Crippen molar-refractivity contribution in [3.63, 3.8) is 0 Å². The van der Waals surface area contributed by atoms with Crippen LogP contribution in [0.4, 0.5) is 5.69 Å². The average Bonchev–Trinajstić information content (AvgIpc) is 3.29. The molecule has 2 aliphatic heterocycles. The monoisotopic (exact) mass is 344 g/mol. The summed E-state index contributed by atoms with van der Waals surface area (Å²) in [6.45, 7) is 3.56. The molecule has 3 heterocycles. The molecule has 0 aliphatic carbocycles. The number of carbonyl (C=O) groups excluding carboxylic acids is 1. The number of hydrogen-bond acceptors (Lipinski definition) is 6. The number of nitro groups is 1. The number of nitro benzene ring substituents is 1. The number of amides is 1. The van der Waals surface area contributed by atoms with Gasteiger partial charge in [0.1, 0.15) is 10.7 Å². The van der Waals surface area contributed by atoms with Gasteiger partial charge in [-0.3, -0.25) is 14.9 Å². The molecule has 0 unspecified atom stereocenters. The van der Waals surface area contributed by atoms with Crippen LogP contribution in [0.5, 0.6) is 0 Å². The molecule has 2 aliphatic rings. The summed E-state index contributed by atoms with van der Waals surface area (Å²) < 4.78 is 0. The highest BCUT2D eigenvalue weighted by Gasteiger charge is 2.38. The second kappa shape index (κ2) is 5.95. The number of rotatable bonds is 3. The molecule has 1 aromatic carbocycles. The van der Waals surface area contributed by atoms with E-state index >= 15 is 0 Å². The minimum Gasteiger partial charge on any atom is -0.337 e. The molecule has 2 fully saturated rings. The topological polar surface area (TPSA) is 88.4 Å². The first kappa shape index (κ1) is 15.2. The number of thiazole rings is 1. The van der Waals surface area contributed by atoms with Gasteiger partial charge in [-0.15, -0.1) is 11.3 Å². The first-order valence-corrected chi connectivity index (χ1v) is 8.70. The molecule has 7 nitrogen and oxygen atoms in total. The highest BCUT2D eigenvalue weighted by Crippen LogP contribution is 2.29. The van der Waals surface area contributed by atoms with Gasteiger partial charge in [-0.25, -0.2) is 4.98 Å². The van der Waals surface area contributed by atoms with Crippen LogP contribution in [-0.2, 0) is 0 Å². The van der Waals surface area contributed by atoms with Crippen molar-refractivity contribution in [3.8, 4) is 10.6 Å². The lowest BCUT2D eigenvalue weighted by Gasteiger charge is -2.15. The van der Waals surface area contributed by atoms with Crippen molar-refractivity contribution in [2.24, 2.45) is 11.8 Å². The van der Waals surface area contributed by atoms with Crippen LogP contribution in [0.2, 0.25) is 0 Å². The van der Waals surface area contributed by atoms with Crippen molar-refractivity contribution in [3.05, 3.63) is 45.5 Å². The molecule has 1 aromatic heterocycles. The van der Waals surface area contributed by atoms with Crippen LogP contribution >= 0.6 is 11.3 Å². The first-order valence-electron chi connectivity index (χ1n) is 7.82. The van der Waals surface area contributed by atoms with Crippen molar-refractivity contribution < 1.29 is 9.72 Å². The van der Waals surface area contributed by atoms with Gasteiger partial charge in [0.05, 0.1) is 4.92 Å². The Morgan fingerprint density at radius 3 is 2.54 bits per heavy atom. The Balaban J connectivity index is 1.50. The lowest BCUT2D eigenvalue weighted by molar-refractivity contribution is -0.384. The highest BCUT2D eigenvalue weighted by molar-refractivity contribution is 7.13. The number of hydrogen-bond donors (Lipinski definition) is 1. The van der Waals surface area contributed by atoms with Gasteiger partial charge in [0.25, 0.3) is 11.6 Å². The number of nitrogens with zero attached hydrogens (tertiary/aromatic N) is 3. The van der Waals surface area contributed by atoms with Crippen molar-refractivity contribution in [2.45, 2.75) is 0 Å². The van der Waals surface area contributed by atoms with Crippen molar-refractivity contribution in [1.29, 1.82) is 0 Å². The molecule has 24 heavy (non-hydrogen) atoms. The van der Waals surface area contributed by atoms with Crippen LogP contribution in [0.25, 0.3) is 10.6 Å². The Bertz CT molecular complexity index is 777. The molecular weight excluding hydrogens is 328 g/mol. The number of likely N-dealkylation sites (tertiary alicyclic amines) is 1. The zero-order valence-corrected chi connectivity index (χ0v) is 13.7. The number of benzene rings is 1. The van der Waals surface area contributed by atoms with Crippen molar-refractivity contribution in [2.75, 3.05) is 26.2 Å². The van der Waals surface area contributed by atoms with Gasteiger partial charge in [-0.05, 0) is 24.0 Å². The molecular formula is C16H16N4O3S. The predicted molar refractivity (Wildman–Crippen MR) is 90.0 cm³/mol. The van der Waals surface area contributed by atoms with E-state index in [0.29, 0.717) is 22.5 Å². The molecule has 2 atom stereocenters. The summed E-state index contributed by atoms with van der Waals surface area (Å²) in [5.41, 5.74) is 1.29. The van der Waals surface area contributed by atoms with E-state index in [4.69, 9.17) is 0 Å². The van der Waals surface area contributed by atoms with Crippen LogP contribution in [0.15, 0.2) is 29.6 Å². The third kappa shape index (κ3) is 2.67. The van der Waals surface area contributed by atoms with E-state index in [2.05, 4.69) is 10.3 Å². The second-order valence-corrected chi connectivity index (χ2v) is 7.09. The van der Waals surface area contributed by atoms with Crippen molar-refractivity contribution >= 4 is 22.9 Å². The summed E-state index contributed by atoms with van der Waals surface area (Å²) in [6, 6.07) is 6.23. The normalized spacial score (nSPS) is 22.6. The summed E-state index contributed by atoms with van der Waals surface area (Å²) in [4.78, 5) is 29.2. The number of non-ortho nitro benzene ring substituents is 1. The zero-order chi connectivity index (χ0) is 16.7. The third-order valence-corrected chi connectivity index (χ3v) is 5.62. The van der Waals surface area contributed by atoms with Gasteiger partial charge in [-0.1, -0.05) is 0 Å². The van der Waals surface area contributed by atoms with Gasteiger partial charge in [0, 0.05) is 49.3 Å². The Morgan fingerprint density at radius 2 is 1.92 bits per heavy atom. The summed E-state index contributed by atoms with van der Waals surface area (Å²) in [5.74, 6) is 1.09. The Kier molecular flexibility index (Phi) is 3.78. The minimum absolute atomic E-state index is 0.0196. The Hall–Kier alpha value is -2.32. The molecule has 2 saturated heterocycles. The second-order valence-electron chi connectivity index (χ2n) is 6.23. The Labute approximate surface area is 142 Å². The number of aromatic nitrogens is 1. The van der Waals surface area contributed by atoms with Gasteiger partial charge in [0.15, 0.2) is 0 Å². The van der Waals surface area contributed by atoms with E-state index in [1.54, 1.807) is 17.5 Å².